The molecular formula is C42H52N6O5S. The molecule has 5 heterocycles. The number of carbonyl (C=O) groups is 2. The molecular weight excluding hydrogens is 701 g/mol. The van der Waals surface area contributed by atoms with Crippen LogP contribution in [0.25, 0.3) is 33.8 Å². The number of carbonyl (C=O) groups excluding carboxylic acids is 2. The first-order chi connectivity index (χ1) is 25.9. The highest BCUT2D eigenvalue weighted by Gasteiger charge is 2.37. The number of likely N-dealkylation sites (tertiary alicyclic amines) is 1. The van der Waals surface area contributed by atoms with Crippen LogP contribution in [-0.4, -0.2) is 77.5 Å². The maximum atomic E-state index is 14.5. The molecule has 1 aliphatic carbocycles. The van der Waals surface area contributed by atoms with Crippen LogP contribution in [0, 0.1) is 5.92 Å². The van der Waals surface area contributed by atoms with Gasteiger partial charge in [-0.15, -0.1) is 0 Å². The molecule has 2 aromatic heterocycles. The number of ether oxygens (including phenoxy) is 1. The van der Waals surface area contributed by atoms with Gasteiger partial charge in [-0.1, -0.05) is 39.2 Å². The number of benzene rings is 2. The van der Waals surface area contributed by atoms with Crippen LogP contribution in [0.2, 0.25) is 0 Å². The number of hydrogen-bond acceptors (Lipinski definition) is 7. The molecule has 2 atom stereocenters. The quantitative estimate of drug-likeness (QED) is 0.189. The Kier molecular flexibility index (Phi) is 9.71. The van der Waals surface area contributed by atoms with E-state index in [1.54, 1.807) is 19.4 Å². The molecule has 11 nitrogen and oxygen atoms in total. The molecule has 3 fully saturated rings. The molecule has 4 aromatic rings. The van der Waals surface area contributed by atoms with Gasteiger partial charge in [0.05, 0.1) is 42.6 Å². The summed E-state index contributed by atoms with van der Waals surface area (Å²) in [6.45, 7) is 9.56. The summed E-state index contributed by atoms with van der Waals surface area (Å²) in [6, 6.07) is 12.4. The first-order valence-corrected chi connectivity index (χ1v) is 21.3. The van der Waals surface area contributed by atoms with Gasteiger partial charge in [-0.2, -0.15) is 5.10 Å². The van der Waals surface area contributed by atoms with Crippen molar-refractivity contribution in [2.75, 3.05) is 26.0 Å². The Morgan fingerprint density at radius 1 is 0.963 bits per heavy atom. The van der Waals surface area contributed by atoms with E-state index in [4.69, 9.17) is 9.84 Å². The largest absolute Gasteiger partial charge is 0.497 e. The first-order valence-electron chi connectivity index (χ1n) is 19.6. The third kappa shape index (κ3) is 6.76. The molecule has 4 aliphatic rings. The molecule has 286 valence electrons. The fourth-order valence-corrected chi connectivity index (χ4v) is 10.7. The van der Waals surface area contributed by atoms with E-state index in [-0.39, 0.29) is 29.2 Å². The normalized spacial score (nSPS) is 20.2. The maximum absolute atomic E-state index is 14.5. The summed E-state index contributed by atoms with van der Waals surface area (Å²) < 4.78 is 38.1. The molecule has 3 aliphatic heterocycles. The highest BCUT2D eigenvalue weighted by atomic mass is 32.2. The lowest BCUT2D eigenvalue weighted by Crippen LogP contribution is -2.53. The molecule has 8 rings (SSSR count). The van der Waals surface area contributed by atoms with Crippen LogP contribution in [0.5, 0.6) is 5.75 Å². The van der Waals surface area contributed by atoms with Crippen LogP contribution in [0.3, 0.4) is 0 Å². The van der Waals surface area contributed by atoms with Gasteiger partial charge in [-0.3, -0.25) is 14.3 Å². The van der Waals surface area contributed by atoms with E-state index in [2.05, 4.69) is 46.7 Å². The standard InChI is InChI=1S/C42H52N6O5S/c1-25(2)24-54(51,52)45-41(49)28-11-15-35-37(19-28)47-21-30(17-29-18-33(53-5)14-16-34(29)40(47)38(35)27-9-7-6-8-10-27)39-36(20-43-48(39)26(3)4)42(50)46-22-31-12-13-32(23-46)44-31/h11,14-20,25-27,31-32,44H,6-10,12-13,21-24H2,1-5H3,(H,45,49)/t31-,32+. The molecule has 2 amide bonds. The van der Waals surface area contributed by atoms with Gasteiger partial charge >= 0.3 is 0 Å². The maximum Gasteiger partial charge on any atom is 0.264 e. The number of methoxy groups -OCH3 is 1. The number of allylic oxidation sites excluding steroid dienone is 1. The van der Waals surface area contributed by atoms with Crippen molar-refractivity contribution in [3.8, 4) is 17.0 Å². The van der Waals surface area contributed by atoms with Crippen molar-refractivity contribution in [1.29, 1.82) is 0 Å². The van der Waals surface area contributed by atoms with Crippen molar-refractivity contribution < 1.29 is 22.7 Å². The molecule has 1 saturated carbocycles. The zero-order chi connectivity index (χ0) is 37.9. The third-order valence-electron chi connectivity index (χ3n) is 11.7. The van der Waals surface area contributed by atoms with Gasteiger partial charge < -0.3 is 19.5 Å². The lowest BCUT2D eigenvalue weighted by Gasteiger charge is -2.33. The molecule has 0 unspecified atom stereocenters. The molecule has 54 heavy (non-hydrogen) atoms. The van der Waals surface area contributed by atoms with Crippen molar-refractivity contribution in [2.24, 2.45) is 5.92 Å². The number of sulfonamides is 1. The lowest BCUT2D eigenvalue weighted by atomic mass is 9.81. The van der Waals surface area contributed by atoms with Gasteiger partial charge in [0.2, 0.25) is 10.0 Å². The highest BCUT2D eigenvalue weighted by Crippen LogP contribution is 2.48. The van der Waals surface area contributed by atoms with Crippen LogP contribution < -0.4 is 14.8 Å². The van der Waals surface area contributed by atoms with Gasteiger partial charge in [0, 0.05) is 53.2 Å². The predicted molar refractivity (Wildman–Crippen MR) is 212 cm³/mol. The summed E-state index contributed by atoms with van der Waals surface area (Å²) in [5, 5.41) is 9.55. The van der Waals surface area contributed by atoms with E-state index in [0.29, 0.717) is 43.2 Å². The number of nitrogens with zero attached hydrogens (tertiary/aromatic N) is 4. The second kappa shape index (κ2) is 14.3. The predicted octanol–water partition coefficient (Wildman–Crippen LogP) is 6.99. The Morgan fingerprint density at radius 2 is 1.70 bits per heavy atom. The summed E-state index contributed by atoms with van der Waals surface area (Å²) >= 11 is 0. The van der Waals surface area contributed by atoms with Crippen molar-refractivity contribution in [1.82, 2.24) is 29.3 Å². The zero-order valence-electron chi connectivity index (χ0n) is 32.0. The van der Waals surface area contributed by atoms with Crippen LogP contribution in [0.15, 0.2) is 42.6 Å². The second-order valence-corrected chi connectivity index (χ2v) is 18.2. The summed E-state index contributed by atoms with van der Waals surface area (Å²) in [6.07, 6.45) is 11.7. The summed E-state index contributed by atoms with van der Waals surface area (Å²) in [4.78, 5) is 30.1. The number of amides is 2. The van der Waals surface area contributed by atoms with Crippen molar-refractivity contribution >= 4 is 44.4 Å². The molecule has 2 N–H and O–H groups in total. The Morgan fingerprint density at radius 3 is 2.39 bits per heavy atom. The lowest BCUT2D eigenvalue weighted by molar-refractivity contribution is 0.0697. The molecule has 2 bridgehead atoms. The first kappa shape index (κ1) is 36.6. The van der Waals surface area contributed by atoms with Crippen molar-refractivity contribution in [3.63, 3.8) is 0 Å². The Labute approximate surface area is 318 Å². The van der Waals surface area contributed by atoms with E-state index in [0.717, 1.165) is 83.3 Å². The van der Waals surface area contributed by atoms with E-state index >= 15 is 0 Å². The number of aromatic nitrogens is 3. The molecule has 12 heteroatoms. The number of hydrogen-bond donors (Lipinski definition) is 2. The van der Waals surface area contributed by atoms with Crippen molar-refractivity contribution in [3.05, 3.63) is 70.5 Å². The molecule has 2 aromatic carbocycles. The average Bonchev–Trinajstić information content (AvgIpc) is 3.79. The van der Waals surface area contributed by atoms with Crippen LogP contribution in [0.1, 0.15) is 122 Å². The monoisotopic (exact) mass is 752 g/mol. The Balaban J connectivity index is 1.32. The smallest absolute Gasteiger partial charge is 0.264 e. The fourth-order valence-electron chi connectivity index (χ4n) is 9.37. The SMILES string of the molecule is COc1ccc2c(c1)C=C(c1c(C(=O)N3C[C@H]4CC[C@@H](C3)N4)cnn1C(C)C)Cn1c-2c(C2CCCCC2)c2ccc(C(=O)NS(=O)(=O)CC(C)C)cc21. The highest BCUT2D eigenvalue weighted by molar-refractivity contribution is 7.90. The summed E-state index contributed by atoms with van der Waals surface area (Å²) in [7, 11) is -2.14. The minimum absolute atomic E-state index is 0.00615. The number of nitrogens with one attached hydrogen (secondary N) is 2. The van der Waals surface area contributed by atoms with Crippen LogP contribution >= 0.6 is 0 Å². The van der Waals surface area contributed by atoms with Gasteiger partial charge in [-0.05, 0) is 104 Å². The van der Waals surface area contributed by atoms with Gasteiger partial charge in [0.1, 0.15) is 5.75 Å². The van der Waals surface area contributed by atoms with Gasteiger partial charge in [0.15, 0.2) is 0 Å². The fraction of sp³-hybridized carbons (Fsp3) is 0.500. The van der Waals surface area contributed by atoms with Gasteiger partial charge in [-0.25, -0.2) is 13.1 Å². The van der Waals surface area contributed by atoms with Gasteiger partial charge in [0.25, 0.3) is 11.8 Å². The minimum Gasteiger partial charge on any atom is -0.497 e. The topological polar surface area (TPSA) is 128 Å². The number of fused-ring (bicyclic) bond motifs is 7. The molecule has 2 saturated heterocycles. The van der Waals surface area contributed by atoms with E-state index in [9.17, 15) is 18.0 Å². The van der Waals surface area contributed by atoms with Crippen LogP contribution in [-0.2, 0) is 16.6 Å². The Hall–Kier alpha value is -4.42. The second-order valence-electron chi connectivity index (χ2n) is 16.4. The number of piperazine rings is 1. The van der Waals surface area contributed by atoms with E-state index in [1.165, 1.54) is 12.0 Å². The van der Waals surface area contributed by atoms with Crippen molar-refractivity contribution in [2.45, 2.75) is 103 Å². The van der Waals surface area contributed by atoms with E-state index in [1.807, 2.05) is 41.6 Å². The molecule has 0 radical (unpaired) electrons. The average molecular weight is 753 g/mol. The van der Waals surface area contributed by atoms with Crippen LogP contribution in [0.4, 0.5) is 0 Å². The Bertz CT molecular complexity index is 2250. The summed E-state index contributed by atoms with van der Waals surface area (Å²) in [5.74, 6) is 0.146. The molecule has 0 spiro atoms. The summed E-state index contributed by atoms with van der Waals surface area (Å²) in [5.41, 5.74) is 7.83. The number of rotatable bonds is 9. The van der Waals surface area contributed by atoms with E-state index < -0.39 is 15.9 Å². The zero-order valence-corrected chi connectivity index (χ0v) is 32.8. The third-order valence-corrected chi connectivity index (χ3v) is 13.3. The minimum atomic E-state index is -3.82.